The molecule has 0 saturated carbocycles. The first kappa shape index (κ1) is 17.2. The molecule has 0 aliphatic heterocycles. The summed E-state index contributed by atoms with van der Waals surface area (Å²) in [6, 6.07) is 11.2. The minimum Gasteiger partial charge on any atom is -0.426 e. The number of ether oxygens (including phenoxy) is 1. The SMILES string of the molecule is CC(=O)Oc1ccccc1C(=O)c1ccc(CO)cc1CN=[N+]=[N-]. The number of aliphatic hydroxyl groups is 1. The fourth-order valence-corrected chi connectivity index (χ4v) is 2.25. The Balaban J connectivity index is 2.50. The Labute approximate surface area is 138 Å². The molecule has 0 aliphatic rings. The standard InChI is InChI=1S/C17H15N3O4/c1-11(22)24-16-5-3-2-4-15(16)17(23)14-7-6-12(10-21)8-13(14)9-19-20-18/h2-8,21H,9-10H2,1H3. The highest BCUT2D eigenvalue weighted by molar-refractivity contribution is 6.11. The van der Waals surface area contributed by atoms with Crippen molar-refractivity contribution in [2.24, 2.45) is 5.11 Å². The number of ketones is 1. The van der Waals surface area contributed by atoms with Crippen LogP contribution < -0.4 is 4.74 Å². The molecule has 0 aliphatic carbocycles. The number of carbonyl (C=O) groups is 2. The maximum Gasteiger partial charge on any atom is 0.308 e. The van der Waals surface area contributed by atoms with Gasteiger partial charge in [-0.15, -0.1) is 0 Å². The number of para-hydroxylation sites is 1. The molecule has 0 amide bonds. The average molecular weight is 325 g/mol. The van der Waals surface area contributed by atoms with E-state index in [2.05, 4.69) is 10.0 Å². The summed E-state index contributed by atoms with van der Waals surface area (Å²) in [4.78, 5) is 26.7. The van der Waals surface area contributed by atoms with Crippen molar-refractivity contribution in [3.8, 4) is 5.75 Å². The average Bonchev–Trinajstić information content (AvgIpc) is 2.59. The maximum atomic E-state index is 12.8. The maximum absolute atomic E-state index is 12.8. The fraction of sp³-hybridized carbons (Fsp3) is 0.176. The third-order valence-corrected chi connectivity index (χ3v) is 3.29. The number of aliphatic hydroxyl groups excluding tert-OH is 1. The molecule has 1 N–H and O–H groups in total. The molecule has 0 heterocycles. The van der Waals surface area contributed by atoms with E-state index in [4.69, 9.17) is 10.3 Å². The van der Waals surface area contributed by atoms with E-state index in [1.54, 1.807) is 36.4 Å². The number of hydrogen-bond donors (Lipinski definition) is 1. The molecule has 7 heteroatoms. The van der Waals surface area contributed by atoms with Gasteiger partial charge in [0.25, 0.3) is 0 Å². The summed E-state index contributed by atoms with van der Waals surface area (Å²) in [6.45, 7) is 1.03. The topological polar surface area (TPSA) is 112 Å². The summed E-state index contributed by atoms with van der Waals surface area (Å²) in [5.74, 6) is -0.726. The second-order valence-electron chi connectivity index (χ2n) is 4.96. The predicted molar refractivity (Wildman–Crippen MR) is 86.4 cm³/mol. The summed E-state index contributed by atoms with van der Waals surface area (Å²) in [6.07, 6.45) is 0. The summed E-state index contributed by atoms with van der Waals surface area (Å²) < 4.78 is 5.07. The number of esters is 1. The molecule has 0 unspecified atom stereocenters. The van der Waals surface area contributed by atoms with Crippen molar-refractivity contribution in [2.45, 2.75) is 20.1 Å². The third kappa shape index (κ3) is 3.98. The van der Waals surface area contributed by atoms with Crippen molar-refractivity contribution in [1.29, 1.82) is 0 Å². The summed E-state index contributed by atoms with van der Waals surface area (Å²) in [5, 5.41) is 12.7. The van der Waals surface area contributed by atoms with Crippen molar-refractivity contribution in [3.05, 3.63) is 75.2 Å². The van der Waals surface area contributed by atoms with Crippen molar-refractivity contribution in [2.75, 3.05) is 0 Å². The van der Waals surface area contributed by atoms with Gasteiger partial charge in [0, 0.05) is 17.4 Å². The van der Waals surface area contributed by atoms with Crippen LogP contribution in [-0.2, 0) is 17.9 Å². The Morgan fingerprint density at radius 3 is 2.62 bits per heavy atom. The van der Waals surface area contributed by atoms with Crippen LogP contribution in [0.4, 0.5) is 0 Å². The smallest absolute Gasteiger partial charge is 0.308 e. The van der Waals surface area contributed by atoms with Crippen molar-refractivity contribution >= 4 is 11.8 Å². The molecule has 122 valence electrons. The number of hydrogen-bond acceptors (Lipinski definition) is 5. The van der Waals surface area contributed by atoms with Crippen molar-refractivity contribution in [3.63, 3.8) is 0 Å². The third-order valence-electron chi connectivity index (χ3n) is 3.29. The van der Waals surface area contributed by atoms with Crippen LogP contribution in [0, 0.1) is 0 Å². The lowest BCUT2D eigenvalue weighted by molar-refractivity contribution is -0.131. The molecule has 0 bridgehead atoms. The highest BCUT2D eigenvalue weighted by Crippen LogP contribution is 2.24. The van der Waals surface area contributed by atoms with E-state index in [0.717, 1.165) is 0 Å². The summed E-state index contributed by atoms with van der Waals surface area (Å²) in [5.41, 5.74) is 10.1. The van der Waals surface area contributed by atoms with Crippen LogP contribution >= 0.6 is 0 Å². The Morgan fingerprint density at radius 2 is 1.96 bits per heavy atom. The number of azide groups is 1. The van der Waals surface area contributed by atoms with E-state index in [-0.39, 0.29) is 30.2 Å². The zero-order valence-electron chi connectivity index (χ0n) is 13.0. The zero-order valence-corrected chi connectivity index (χ0v) is 13.0. The lowest BCUT2D eigenvalue weighted by Crippen LogP contribution is -2.10. The van der Waals surface area contributed by atoms with Gasteiger partial charge < -0.3 is 9.84 Å². The van der Waals surface area contributed by atoms with Gasteiger partial charge in [-0.25, -0.2) is 0 Å². The minimum absolute atomic E-state index is 0.0266. The van der Waals surface area contributed by atoms with Gasteiger partial charge in [-0.2, -0.15) is 0 Å². The van der Waals surface area contributed by atoms with E-state index in [1.165, 1.54) is 13.0 Å². The molecule has 0 radical (unpaired) electrons. The number of nitrogens with zero attached hydrogens (tertiary/aromatic N) is 3. The van der Waals surface area contributed by atoms with E-state index in [9.17, 15) is 14.7 Å². The molecule has 0 fully saturated rings. The minimum atomic E-state index is -0.528. The first-order valence-corrected chi connectivity index (χ1v) is 7.12. The molecule has 2 aromatic rings. The Kier molecular flexibility index (Phi) is 5.68. The molecule has 0 aromatic heterocycles. The summed E-state index contributed by atoms with van der Waals surface area (Å²) >= 11 is 0. The van der Waals surface area contributed by atoms with Gasteiger partial charge in [0.1, 0.15) is 5.75 Å². The Bertz CT molecular complexity index is 826. The fourth-order valence-electron chi connectivity index (χ4n) is 2.25. The Hall–Kier alpha value is -3.15. The predicted octanol–water partition coefficient (Wildman–Crippen LogP) is 3.15. The number of benzene rings is 2. The first-order valence-electron chi connectivity index (χ1n) is 7.12. The highest BCUT2D eigenvalue weighted by atomic mass is 16.5. The second kappa shape index (κ2) is 7.92. The van der Waals surface area contributed by atoms with Gasteiger partial charge in [-0.05, 0) is 28.8 Å². The van der Waals surface area contributed by atoms with Gasteiger partial charge in [-0.3, -0.25) is 9.59 Å². The van der Waals surface area contributed by atoms with Crippen molar-refractivity contribution < 1.29 is 19.4 Å². The van der Waals surface area contributed by atoms with Crippen LogP contribution in [0.5, 0.6) is 5.75 Å². The van der Waals surface area contributed by atoms with Crippen molar-refractivity contribution in [1.82, 2.24) is 0 Å². The molecule has 2 aromatic carbocycles. The highest BCUT2D eigenvalue weighted by Gasteiger charge is 2.18. The lowest BCUT2D eigenvalue weighted by atomic mass is 9.96. The molecule has 0 atom stereocenters. The van der Waals surface area contributed by atoms with Crippen LogP contribution in [-0.4, -0.2) is 16.9 Å². The normalized spacial score (nSPS) is 9.92. The van der Waals surface area contributed by atoms with E-state index in [0.29, 0.717) is 16.7 Å². The molecule has 7 nitrogen and oxygen atoms in total. The number of rotatable bonds is 6. The molecular weight excluding hydrogens is 310 g/mol. The lowest BCUT2D eigenvalue weighted by Gasteiger charge is -2.11. The number of carbonyl (C=O) groups excluding carboxylic acids is 2. The largest absolute Gasteiger partial charge is 0.426 e. The molecule has 24 heavy (non-hydrogen) atoms. The monoisotopic (exact) mass is 325 g/mol. The van der Waals surface area contributed by atoms with Crippen LogP contribution in [0.15, 0.2) is 47.6 Å². The van der Waals surface area contributed by atoms with Gasteiger partial charge in [0.05, 0.1) is 18.7 Å². The molecule has 2 rings (SSSR count). The van der Waals surface area contributed by atoms with Crippen LogP contribution in [0.1, 0.15) is 34.0 Å². The first-order chi connectivity index (χ1) is 11.6. The van der Waals surface area contributed by atoms with Gasteiger partial charge in [0.15, 0.2) is 5.78 Å². The van der Waals surface area contributed by atoms with Gasteiger partial charge in [-0.1, -0.05) is 35.4 Å². The van der Waals surface area contributed by atoms with Crippen LogP contribution in [0.3, 0.4) is 0 Å². The molecular formula is C17H15N3O4. The second-order valence-corrected chi connectivity index (χ2v) is 4.96. The van der Waals surface area contributed by atoms with Gasteiger partial charge >= 0.3 is 5.97 Å². The summed E-state index contributed by atoms with van der Waals surface area (Å²) in [7, 11) is 0. The molecule has 0 saturated heterocycles. The van der Waals surface area contributed by atoms with Gasteiger partial charge in [0.2, 0.25) is 0 Å². The van der Waals surface area contributed by atoms with Crippen LogP contribution in [0.2, 0.25) is 0 Å². The Morgan fingerprint density at radius 1 is 1.21 bits per heavy atom. The van der Waals surface area contributed by atoms with E-state index < -0.39 is 5.97 Å². The van der Waals surface area contributed by atoms with E-state index in [1.807, 2.05) is 0 Å². The zero-order chi connectivity index (χ0) is 17.5. The molecule has 0 spiro atoms. The quantitative estimate of drug-likeness (QED) is 0.219. The van der Waals surface area contributed by atoms with Crippen LogP contribution in [0.25, 0.3) is 10.4 Å². The van der Waals surface area contributed by atoms with E-state index >= 15 is 0 Å².